The van der Waals surface area contributed by atoms with Crippen LogP contribution in [0.3, 0.4) is 0 Å². The third kappa shape index (κ3) is 1.65. The van der Waals surface area contributed by atoms with E-state index in [1.165, 1.54) is 5.56 Å². The van der Waals surface area contributed by atoms with Crippen molar-refractivity contribution in [2.45, 2.75) is 19.7 Å². The standard InChI is InChI=1S/C12H12ClNO/c1-7-3-4-9-5-10(6-13)12(15)14-11(9)8(7)2/h3-5H,6H2,1-2H3,(H,14,15). The molecule has 0 saturated carbocycles. The minimum Gasteiger partial charge on any atom is -0.321 e. The monoisotopic (exact) mass is 221 g/mol. The van der Waals surface area contributed by atoms with Crippen LogP contribution in [-0.4, -0.2) is 4.98 Å². The molecule has 2 aromatic rings. The number of alkyl halides is 1. The van der Waals surface area contributed by atoms with Crippen molar-refractivity contribution in [2.24, 2.45) is 0 Å². The van der Waals surface area contributed by atoms with Gasteiger partial charge in [0.2, 0.25) is 0 Å². The lowest BCUT2D eigenvalue weighted by atomic mass is 10.0. The summed E-state index contributed by atoms with van der Waals surface area (Å²) < 4.78 is 0. The largest absolute Gasteiger partial charge is 0.321 e. The van der Waals surface area contributed by atoms with Crippen LogP contribution < -0.4 is 5.56 Å². The Morgan fingerprint density at radius 2 is 2.07 bits per heavy atom. The van der Waals surface area contributed by atoms with E-state index in [0.717, 1.165) is 16.5 Å². The number of H-pyrrole nitrogens is 1. The number of hydrogen-bond acceptors (Lipinski definition) is 1. The Labute approximate surface area is 92.9 Å². The minimum absolute atomic E-state index is 0.0915. The van der Waals surface area contributed by atoms with Gasteiger partial charge in [0.15, 0.2) is 0 Å². The Morgan fingerprint density at radius 1 is 1.33 bits per heavy atom. The average molecular weight is 222 g/mol. The summed E-state index contributed by atoms with van der Waals surface area (Å²) in [5.41, 5.74) is 3.73. The summed E-state index contributed by atoms with van der Waals surface area (Å²) in [6, 6.07) is 5.91. The van der Waals surface area contributed by atoms with Gasteiger partial charge >= 0.3 is 0 Å². The molecule has 0 fully saturated rings. The van der Waals surface area contributed by atoms with Gasteiger partial charge in [-0.25, -0.2) is 0 Å². The molecular formula is C12H12ClNO. The molecule has 0 radical (unpaired) electrons. The van der Waals surface area contributed by atoms with E-state index in [0.29, 0.717) is 5.56 Å². The van der Waals surface area contributed by atoms with Gasteiger partial charge in [-0.2, -0.15) is 0 Å². The second-order valence-electron chi connectivity index (χ2n) is 3.73. The van der Waals surface area contributed by atoms with E-state index in [1.54, 1.807) is 0 Å². The maximum atomic E-state index is 11.6. The summed E-state index contributed by atoms with van der Waals surface area (Å²) in [4.78, 5) is 14.5. The molecular weight excluding hydrogens is 210 g/mol. The fourth-order valence-electron chi connectivity index (χ4n) is 1.67. The average Bonchev–Trinajstić information content (AvgIpc) is 2.24. The molecule has 1 heterocycles. The van der Waals surface area contributed by atoms with Crippen LogP contribution in [-0.2, 0) is 5.88 Å². The Morgan fingerprint density at radius 3 is 2.73 bits per heavy atom. The Bertz CT molecular complexity index is 572. The first-order chi connectivity index (χ1) is 7.13. The van der Waals surface area contributed by atoms with Gasteiger partial charge in [-0.05, 0) is 36.4 Å². The molecule has 2 rings (SSSR count). The lowest BCUT2D eigenvalue weighted by Gasteiger charge is -2.06. The van der Waals surface area contributed by atoms with Crippen molar-refractivity contribution in [2.75, 3.05) is 0 Å². The number of aryl methyl sites for hydroxylation is 2. The van der Waals surface area contributed by atoms with Gasteiger partial charge in [-0.1, -0.05) is 12.1 Å². The highest BCUT2D eigenvalue weighted by molar-refractivity contribution is 6.17. The van der Waals surface area contributed by atoms with E-state index in [-0.39, 0.29) is 11.4 Å². The van der Waals surface area contributed by atoms with Gasteiger partial charge in [0.05, 0.1) is 11.4 Å². The number of rotatable bonds is 1. The van der Waals surface area contributed by atoms with Crippen molar-refractivity contribution in [3.8, 4) is 0 Å². The van der Waals surface area contributed by atoms with Crippen molar-refractivity contribution in [1.29, 1.82) is 0 Å². The van der Waals surface area contributed by atoms with E-state index < -0.39 is 0 Å². The highest BCUT2D eigenvalue weighted by Gasteiger charge is 2.04. The van der Waals surface area contributed by atoms with Gasteiger partial charge in [-0.3, -0.25) is 4.79 Å². The number of nitrogens with one attached hydrogen (secondary N) is 1. The molecule has 0 spiro atoms. The quantitative estimate of drug-likeness (QED) is 0.738. The zero-order chi connectivity index (χ0) is 11.0. The molecule has 0 bridgehead atoms. The Hall–Kier alpha value is -1.28. The summed E-state index contributed by atoms with van der Waals surface area (Å²) >= 11 is 5.68. The van der Waals surface area contributed by atoms with Crippen molar-refractivity contribution >= 4 is 22.5 Å². The first kappa shape index (κ1) is 10.2. The SMILES string of the molecule is Cc1ccc2cc(CCl)c(=O)[nH]c2c1C. The maximum Gasteiger partial charge on any atom is 0.252 e. The molecule has 0 aliphatic heterocycles. The fourth-order valence-corrected chi connectivity index (χ4v) is 1.87. The van der Waals surface area contributed by atoms with Crippen LogP contribution in [0.25, 0.3) is 10.9 Å². The van der Waals surface area contributed by atoms with Crippen LogP contribution in [0.2, 0.25) is 0 Å². The summed E-state index contributed by atoms with van der Waals surface area (Å²) in [5, 5.41) is 1.04. The van der Waals surface area contributed by atoms with Crippen molar-refractivity contribution in [3.63, 3.8) is 0 Å². The Kier molecular flexibility index (Phi) is 2.53. The van der Waals surface area contributed by atoms with Gasteiger partial charge in [0.25, 0.3) is 5.56 Å². The molecule has 1 N–H and O–H groups in total. The number of aromatic amines is 1. The number of halogens is 1. The van der Waals surface area contributed by atoms with E-state index in [9.17, 15) is 4.79 Å². The summed E-state index contributed by atoms with van der Waals surface area (Å²) in [6.45, 7) is 4.04. The van der Waals surface area contributed by atoms with Crippen molar-refractivity contribution < 1.29 is 0 Å². The third-order valence-electron chi connectivity index (χ3n) is 2.77. The predicted octanol–water partition coefficient (Wildman–Crippen LogP) is 2.88. The molecule has 0 saturated heterocycles. The van der Waals surface area contributed by atoms with Crippen LogP contribution in [0.5, 0.6) is 0 Å². The zero-order valence-electron chi connectivity index (χ0n) is 8.73. The number of aromatic nitrogens is 1. The van der Waals surface area contributed by atoms with Crippen molar-refractivity contribution in [3.05, 3.63) is 45.2 Å². The maximum absolute atomic E-state index is 11.6. The van der Waals surface area contributed by atoms with E-state index in [4.69, 9.17) is 11.6 Å². The molecule has 1 aromatic carbocycles. The molecule has 0 aliphatic carbocycles. The van der Waals surface area contributed by atoms with Crippen LogP contribution >= 0.6 is 11.6 Å². The highest BCUT2D eigenvalue weighted by Crippen LogP contribution is 2.19. The van der Waals surface area contributed by atoms with Crippen LogP contribution in [0.4, 0.5) is 0 Å². The molecule has 0 amide bonds. The van der Waals surface area contributed by atoms with E-state index in [2.05, 4.69) is 4.98 Å². The smallest absolute Gasteiger partial charge is 0.252 e. The number of hydrogen-bond donors (Lipinski definition) is 1. The Balaban J connectivity index is 2.87. The van der Waals surface area contributed by atoms with Crippen molar-refractivity contribution in [1.82, 2.24) is 4.98 Å². The van der Waals surface area contributed by atoms with Gasteiger partial charge in [0.1, 0.15) is 0 Å². The summed E-state index contributed by atoms with van der Waals surface area (Å²) in [5.74, 6) is 0.248. The lowest BCUT2D eigenvalue weighted by Crippen LogP contribution is -2.11. The third-order valence-corrected chi connectivity index (χ3v) is 3.06. The second-order valence-corrected chi connectivity index (χ2v) is 4.00. The van der Waals surface area contributed by atoms with E-state index in [1.807, 2.05) is 32.0 Å². The molecule has 1 aromatic heterocycles. The zero-order valence-corrected chi connectivity index (χ0v) is 9.48. The molecule has 0 aliphatic rings. The molecule has 78 valence electrons. The summed E-state index contributed by atoms with van der Waals surface area (Å²) in [6.07, 6.45) is 0. The van der Waals surface area contributed by atoms with Gasteiger partial charge < -0.3 is 4.98 Å². The molecule has 15 heavy (non-hydrogen) atoms. The normalized spacial score (nSPS) is 10.9. The van der Waals surface area contributed by atoms with E-state index >= 15 is 0 Å². The summed E-state index contributed by atoms with van der Waals surface area (Å²) in [7, 11) is 0. The lowest BCUT2D eigenvalue weighted by molar-refractivity contribution is 1.19. The van der Waals surface area contributed by atoms with Gasteiger partial charge in [0, 0.05) is 5.56 Å². The first-order valence-electron chi connectivity index (χ1n) is 4.81. The van der Waals surface area contributed by atoms with Crippen LogP contribution in [0.15, 0.2) is 23.0 Å². The molecule has 3 heteroatoms. The fraction of sp³-hybridized carbons (Fsp3) is 0.250. The predicted molar refractivity (Wildman–Crippen MR) is 63.6 cm³/mol. The topological polar surface area (TPSA) is 32.9 Å². The second kappa shape index (κ2) is 3.70. The molecule has 2 nitrogen and oxygen atoms in total. The number of benzene rings is 1. The highest BCUT2D eigenvalue weighted by atomic mass is 35.5. The molecule has 0 unspecified atom stereocenters. The first-order valence-corrected chi connectivity index (χ1v) is 5.35. The number of pyridine rings is 1. The van der Waals surface area contributed by atoms with Crippen LogP contribution in [0, 0.1) is 13.8 Å². The molecule has 0 atom stereocenters. The minimum atomic E-state index is -0.0915. The number of fused-ring (bicyclic) bond motifs is 1. The van der Waals surface area contributed by atoms with Gasteiger partial charge in [-0.15, -0.1) is 11.6 Å². The van der Waals surface area contributed by atoms with Crippen LogP contribution in [0.1, 0.15) is 16.7 Å².